The van der Waals surface area contributed by atoms with E-state index in [-0.39, 0.29) is 12.6 Å². The molecule has 1 aromatic rings. The first kappa shape index (κ1) is 14.8. The van der Waals surface area contributed by atoms with Gasteiger partial charge in [-0.05, 0) is 45.1 Å². The molecule has 2 atom stereocenters. The quantitative estimate of drug-likeness (QED) is 0.901. The molecule has 0 unspecified atom stereocenters. The van der Waals surface area contributed by atoms with Gasteiger partial charge >= 0.3 is 6.18 Å². The molecule has 1 saturated heterocycles. The number of aliphatic hydroxyl groups is 1. The number of aryl methyl sites for hydroxylation is 2. The number of H-pyrrole nitrogens is 1. The number of aliphatic hydroxyl groups excluding tert-OH is 1. The van der Waals surface area contributed by atoms with Crippen molar-refractivity contribution in [1.29, 1.82) is 0 Å². The van der Waals surface area contributed by atoms with Crippen molar-refractivity contribution in [2.45, 2.75) is 56.8 Å². The molecular weight excluding hydrogens is 283 g/mol. The van der Waals surface area contributed by atoms with E-state index in [1.807, 2.05) is 0 Å². The minimum atomic E-state index is -4.56. The van der Waals surface area contributed by atoms with Crippen molar-refractivity contribution in [2.24, 2.45) is 0 Å². The highest BCUT2D eigenvalue weighted by atomic mass is 19.4. The number of imidazole rings is 1. The summed E-state index contributed by atoms with van der Waals surface area (Å²) in [4.78, 5) is 9.59. The van der Waals surface area contributed by atoms with E-state index >= 15 is 0 Å². The van der Waals surface area contributed by atoms with Crippen LogP contribution in [0.3, 0.4) is 0 Å². The lowest BCUT2D eigenvalue weighted by Gasteiger charge is -2.26. The molecule has 0 bridgehead atoms. The Balaban J connectivity index is 1.73. The second-order valence-electron chi connectivity index (χ2n) is 5.96. The highest BCUT2D eigenvalue weighted by Crippen LogP contribution is 2.33. The second kappa shape index (κ2) is 5.61. The molecular formula is C14H20F3N3O. The zero-order valence-electron chi connectivity index (χ0n) is 11.8. The monoisotopic (exact) mass is 303 g/mol. The van der Waals surface area contributed by atoms with E-state index in [0.29, 0.717) is 6.54 Å². The number of fused-ring (bicyclic) bond motifs is 1. The summed E-state index contributed by atoms with van der Waals surface area (Å²) in [6.07, 6.45) is -1.05. The van der Waals surface area contributed by atoms with Crippen LogP contribution in [0.25, 0.3) is 0 Å². The zero-order chi connectivity index (χ0) is 15.0. The Hall–Kier alpha value is -1.08. The molecule has 1 aliphatic carbocycles. The number of β-amino-alcohol motifs (C(OH)–C–C–N with tert-alkyl or cyclic N) is 1. The van der Waals surface area contributed by atoms with Crippen molar-refractivity contribution in [3.8, 4) is 0 Å². The van der Waals surface area contributed by atoms with Gasteiger partial charge in [0.2, 0.25) is 0 Å². The van der Waals surface area contributed by atoms with E-state index in [2.05, 4.69) is 9.97 Å². The van der Waals surface area contributed by atoms with Crippen LogP contribution in [0.2, 0.25) is 0 Å². The van der Waals surface area contributed by atoms with Gasteiger partial charge in [0.1, 0.15) is 5.82 Å². The van der Waals surface area contributed by atoms with Crippen LogP contribution in [0, 0.1) is 0 Å². The number of nitrogens with zero attached hydrogens (tertiary/aromatic N) is 2. The third-order valence-corrected chi connectivity index (χ3v) is 4.44. The lowest BCUT2D eigenvalue weighted by molar-refractivity contribution is -0.208. The fourth-order valence-corrected chi connectivity index (χ4v) is 3.31. The summed E-state index contributed by atoms with van der Waals surface area (Å²) in [6.45, 7) is 0.197. The van der Waals surface area contributed by atoms with Gasteiger partial charge in [-0.2, -0.15) is 13.2 Å². The first-order valence-corrected chi connectivity index (χ1v) is 7.51. The molecule has 2 aliphatic rings. The van der Waals surface area contributed by atoms with Crippen molar-refractivity contribution >= 4 is 0 Å². The minimum Gasteiger partial charge on any atom is -0.382 e. The molecule has 0 radical (unpaired) electrons. The van der Waals surface area contributed by atoms with Crippen LogP contribution in [0.1, 0.15) is 48.9 Å². The number of aromatic nitrogens is 2. The number of halogens is 3. The highest BCUT2D eigenvalue weighted by molar-refractivity contribution is 5.19. The van der Waals surface area contributed by atoms with E-state index in [9.17, 15) is 18.3 Å². The SMILES string of the molecule is O[C@H](CN1CCC[C@@H]1c1nc2c([nH]1)CCCC2)C(F)(F)F. The first-order valence-electron chi connectivity index (χ1n) is 7.51. The van der Waals surface area contributed by atoms with Gasteiger partial charge in [-0.3, -0.25) is 4.90 Å². The molecule has 4 nitrogen and oxygen atoms in total. The number of likely N-dealkylation sites (tertiary alicyclic amines) is 1. The van der Waals surface area contributed by atoms with Gasteiger partial charge in [0.05, 0.1) is 11.7 Å². The van der Waals surface area contributed by atoms with Crippen molar-refractivity contribution in [2.75, 3.05) is 13.1 Å². The van der Waals surface area contributed by atoms with E-state index < -0.39 is 12.3 Å². The van der Waals surface area contributed by atoms with Gasteiger partial charge in [0.25, 0.3) is 0 Å². The van der Waals surface area contributed by atoms with E-state index in [0.717, 1.165) is 55.7 Å². The van der Waals surface area contributed by atoms with Crippen molar-refractivity contribution < 1.29 is 18.3 Å². The fourth-order valence-electron chi connectivity index (χ4n) is 3.31. The van der Waals surface area contributed by atoms with Crippen molar-refractivity contribution in [3.63, 3.8) is 0 Å². The Labute approximate surface area is 121 Å². The van der Waals surface area contributed by atoms with Crippen LogP contribution in [-0.2, 0) is 12.8 Å². The van der Waals surface area contributed by atoms with Crippen molar-refractivity contribution in [1.82, 2.24) is 14.9 Å². The molecule has 2 N–H and O–H groups in total. The molecule has 21 heavy (non-hydrogen) atoms. The maximum atomic E-state index is 12.5. The van der Waals surface area contributed by atoms with E-state index in [1.165, 1.54) is 0 Å². The summed E-state index contributed by atoms with van der Waals surface area (Å²) in [6, 6.07) is -0.132. The lowest BCUT2D eigenvalue weighted by Crippen LogP contribution is -2.40. The molecule has 0 aromatic carbocycles. The van der Waals surface area contributed by atoms with Gasteiger partial charge in [-0.1, -0.05) is 0 Å². The highest BCUT2D eigenvalue weighted by Gasteiger charge is 2.41. The molecule has 1 aliphatic heterocycles. The first-order chi connectivity index (χ1) is 9.95. The maximum Gasteiger partial charge on any atom is 0.415 e. The normalized spacial score (nSPS) is 25.0. The molecule has 0 spiro atoms. The lowest BCUT2D eigenvalue weighted by atomic mass is 10.0. The third kappa shape index (κ3) is 3.08. The van der Waals surface area contributed by atoms with Crippen molar-refractivity contribution in [3.05, 3.63) is 17.2 Å². The van der Waals surface area contributed by atoms with Crippen LogP contribution in [0.15, 0.2) is 0 Å². The number of alkyl halides is 3. The average molecular weight is 303 g/mol. The fraction of sp³-hybridized carbons (Fsp3) is 0.786. The number of hydrogen-bond donors (Lipinski definition) is 2. The molecule has 2 heterocycles. The minimum absolute atomic E-state index is 0.132. The Morgan fingerprint density at radius 2 is 2.05 bits per heavy atom. The van der Waals surface area contributed by atoms with Crippen LogP contribution < -0.4 is 0 Å². The summed E-state index contributed by atoms with van der Waals surface area (Å²) >= 11 is 0. The maximum absolute atomic E-state index is 12.5. The average Bonchev–Trinajstić information content (AvgIpc) is 3.02. The summed E-state index contributed by atoms with van der Waals surface area (Å²) in [5, 5.41) is 9.28. The van der Waals surface area contributed by atoms with Gasteiger partial charge in [0, 0.05) is 12.2 Å². The van der Waals surface area contributed by atoms with Crippen LogP contribution in [0.4, 0.5) is 13.2 Å². The number of aromatic amines is 1. The summed E-state index contributed by atoms with van der Waals surface area (Å²) in [7, 11) is 0. The summed E-state index contributed by atoms with van der Waals surface area (Å²) in [5.41, 5.74) is 2.21. The second-order valence-corrected chi connectivity index (χ2v) is 5.96. The summed E-state index contributed by atoms with van der Waals surface area (Å²) in [5.74, 6) is 0.772. The van der Waals surface area contributed by atoms with E-state index in [4.69, 9.17) is 0 Å². The zero-order valence-corrected chi connectivity index (χ0v) is 11.8. The van der Waals surface area contributed by atoms with Gasteiger partial charge in [0.15, 0.2) is 6.10 Å². The number of rotatable bonds is 3. The molecule has 118 valence electrons. The van der Waals surface area contributed by atoms with Crippen LogP contribution in [-0.4, -0.2) is 45.3 Å². The predicted octanol–water partition coefficient (Wildman–Crippen LogP) is 2.35. The molecule has 0 saturated carbocycles. The van der Waals surface area contributed by atoms with Crippen LogP contribution >= 0.6 is 0 Å². The molecule has 3 rings (SSSR count). The van der Waals surface area contributed by atoms with Gasteiger partial charge in [-0.25, -0.2) is 4.98 Å². The third-order valence-electron chi connectivity index (χ3n) is 4.44. The standard InChI is InChI=1S/C14H20F3N3O/c15-14(16,17)12(21)8-20-7-3-6-11(20)13-18-9-4-1-2-5-10(9)19-13/h11-12,21H,1-8H2,(H,18,19)/t11-,12-/m1/s1. The topological polar surface area (TPSA) is 52.1 Å². The van der Waals surface area contributed by atoms with Gasteiger partial charge in [-0.15, -0.1) is 0 Å². The van der Waals surface area contributed by atoms with Crippen LogP contribution in [0.5, 0.6) is 0 Å². The van der Waals surface area contributed by atoms with E-state index in [1.54, 1.807) is 4.90 Å². The largest absolute Gasteiger partial charge is 0.415 e. The summed E-state index contributed by atoms with van der Waals surface area (Å²) < 4.78 is 37.6. The smallest absolute Gasteiger partial charge is 0.382 e. The number of nitrogens with one attached hydrogen (secondary N) is 1. The Bertz CT molecular complexity index is 477. The Morgan fingerprint density at radius 1 is 1.29 bits per heavy atom. The number of hydrogen-bond acceptors (Lipinski definition) is 3. The Kier molecular flexibility index (Phi) is 3.96. The van der Waals surface area contributed by atoms with Gasteiger partial charge < -0.3 is 10.1 Å². The predicted molar refractivity (Wildman–Crippen MR) is 70.8 cm³/mol. The molecule has 1 aromatic heterocycles. The molecule has 7 heteroatoms. The molecule has 1 fully saturated rings. The Morgan fingerprint density at radius 3 is 2.76 bits per heavy atom. The molecule has 0 amide bonds.